The number of nitrogens with one attached hydrogen (secondary N) is 1. The van der Waals surface area contributed by atoms with E-state index in [4.69, 9.17) is 4.74 Å². The Labute approximate surface area is 175 Å². The lowest BCUT2D eigenvalue weighted by atomic mass is 10.0. The Kier molecular flexibility index (Phi) is 5.84. The Hall–Kier alpha value is -2.76. The highest BCUT2D eigenvalue weighted by molar-refractivity contribution is 5.95. The molecule has 2 fully saturated rings. The number of amides is 1. The fraction of sp³-hybridized carbons (Fsp3) is 0.500. The minimum atomic E-state index is -1.05. The summed E-state index contributed by atoms with van der Waals surface area (Å²) in [6, 6.07) is 9.07. The maximum atomic E-state index is 14.3. The molecule has 3 heterocycles. The summed E-state index contributed by atoms with van der Waals surface area (Å²) < 4.78 is 20.2. The van der Waals surface area contributed by atoms with Crippen LogP contribution in [-0.4, -0.2) is 73.4 Å². The van der Waals surface area contributed by atoms with E-state index in [0.29, 0.717) is 43.7 Å². The number of rotatable bonds is 3. The number of carbonyl (C=O) groups excluding carboxylic acids is 1. The SMILES string of the molecule is CC1CN(c2ccc(C#N)c3ncccc23)CC(C(=O)NC2CN(C)CCC2F)O1. The van der Waals surface area contributed by atoms with Crippen LogP contribution in [0, 0.1) is 11.3 Å². The second-order valence-corrected chi connectivity index (χ2v) is 8.17. The molecular weight excluding hydrogens is 385 g/mol. The van der Waals surface area contributed by atoms with Crippen LogP contribution >= 0.6 is 0 Å². The molecule has 4 atom stereocenters. The van der Waals surface area contributed by atoms with E-state index in [-0.39, 0.29) is 12.0 Å². The van der Waals surface area contributed by atoms with Gasteiger partial charge in [0, 0.05) is 36.9 Å². The first kappa shape index (κ1) is 20.5. The van der Waals surface area contributed by atoms with Gasteiger partial charge in [0.2, 0.25) is 0 Å². The molecule has 0 radical (unpaired) electrons. The number of fused-ring (bicyclic) bond motifs is 1. The van der Waals surface area contributed by atoms with E-state index in [9.17, 15) is 14.4 Å². The standard InChI is InChI=1S/C22H26FN5O2/c1-14-11-28(19-6-5-15(10-24)21-16(19)4-3-8-25-21)13-20(30-14)22(29)26-18-12-27(2)9-7-17(18)23/h3-6,8,14,17-18,20H,7,9,11-13H2,1-2H3,(H,26,29). The van der Waals surface area contributed by atoms with Crippen molar-refractivity contribution in [3.63, 3.8) is 0 Å². The molecule has 2 aromatic rings. The van der Waals surface area contributed by atoms with Crippen molar-refractivity contribution < 1.29 is 13.9 Å². The maximum Gasteiger partial charge on any atom is 0.251 e. The van der Waals surface area contributed by atoms with Gasteiger partial charge in [-0.1, -0.05) is 0 Å². The van der Waals surface area contributed by atoms with Crippen molar-refractivity contribution in [1.82, 2.24) is 15.2 Å². The molecule has 0 bridgehead atoms. The summed E-state index contributed by atoms with van der Waals surface area (Å²) >= 11 is 0. The van der Waals surface area contributed by atoms with Gasteiger partial charge in [-0.3, -0.25) is 9.78 Å². The first-order chi connectivity index (χ1) is 14.5. The molecule has 1 N–H and O–H groups in total. The van der Waals surface area contributed by atoms with Crippen LogP contribution in [0.4, 0.5) is 10.1 Å². The average molecular weight is 411 g/mol. The van der Waals surface area contributed by atoms with E-state index in [1.807, 2.05) is 37.1 Å². The number of hydrogen-bond acceptors (Lipinski definition) is 6. The summed E-state index contributed by atoms with van der Waals surface area (Å²) in [5, 5.41) is 13.1. The highest BCUT2D eigenvalue weighted by atomic mass is 19.1. The smallest absolute Gasteiger partial charge is 0.251 e. The van der Waals surface area contributed by atoms with E-state index in [1.54, 1.807) is 12.3 Å². The quantitative estimate of drug-likeness (QED) is 0.830. The minimum Gasteiger partial charge on any atom is -0.365 e. The third-order valence-corrected chi connectivity index (χ3v) is 5.82. The Balaban J connectivity index is 1.55. The molecule has 4 rings (SSSR count). The van der Waals surface area contributed by atoms with Gasteiger partial charge in [-0.15, -0.1) is 0 Å². The number of nitrogens with zero attached hydrogens (tertiary/aromatic N) is 4. The number of halogens is 1. The van der Waals surface area contributed by atoms with Gasteiger partial charge in [0.15, 0.2) is 6.10 Å². The molecule has 1 aromatic heterocycles. The monoisotopic (exact) mass is 411 g/mol. The molecule has 158 valence electrons. The second-order valence-electron chi connectivity index (χ2n) is 8.17. The van der Waals surface area contributed by atoms with E-state index in [2.05, 4.69) is 21.3 Å². The number of ether oxygens (including phenoxy) is 1. The molecule has 0 spiro atoms. The van der Waals surface area contributed by atoms with Gasteiger partial charge >= 0.3 is 0 Å². The topological polar surface area (TPSA) is 81.5 Å². The fourth-order valence-corrected chi connectivity index (χ4v) is 4.31. The molecular formula is C22H26FN5O2. The summed E-state index contributed by atoms with van der Waals surface area (Å²) in [5.41, 5.74) is 2.06. The molecule has 0 aliphatic carbocycles. The summed E-state index contributed by atoms with van der Waals surface area (Å²) in [4.78, 5) is 21.4. The van der Waals surface area contributed by atoms with Crippen molar-refractivity contribution in [2.45, 2.75) is 37.8 Å². The zero-order valence-electron chi connectivity index (χ0n) is 17.2. The highest BCUT2D eigenvalue weighted by Gasteiger charge is 2.35. The number of likely N-dealkylation sites (N-methyl/N-ethyl adjacent to an activating group) is 1. The van der Waals surface area contributed by atoms with Crippen molar-refractivity contribution in [3.05, 3.63) is 36.0 Å². The first-order valence-corrected chi connectivity index (χ1v) is 10.3. The third-order valence-electron chi connectivity index (χ3n) is 5.82. The molecule has 2 saturated heterocycles. The number of carbonyl (C=O) groups is 1. The summed E-state index contributed by atoms with van der Waals surface area (Å²) in [7, 11) is 1.93. The Morgan fingerprint density at radius 3 is 2.97 bits per heavy atom. The van der Waals surface area contributed by atoms with Gasteiger partial charge in [0.25, 0.3) is 5.91 Å². The van der Waals surface area contributed by atoms with Crippen LogP contribution in [0.3, 0.4) is 0 Å². The number of piperidine rings is 1. The van der Waals surface area contributed by atoms with Crippen LogP contribution in [0.2, 0.25) is 0 Å². The predicted octanol–water partition coefficient (Wildman–Crippen LogP) is 1.86. The fourth-order valence-electron chi connectivity index (χ4n) is 4.31. The molecule has 0 saturated carbocycles. The van der Waals surface area contributed by atoms with E-state index >= 15 is 0 Å². The van der Waals surface area contributed by atoms with E-state index < -0.39 is 18.3 Å². The van der Waals surface area contributed by atoms with E-state index in [1.165, 1.54) is 0 Å². The number of aromatic nitrogens is 1. The molecule has 7 nitrogen and oxygen atoms in total. The summed E-state index contributed by atoms with van der Waals surface area (Å²) in [6.07, 6.45) is 0.165. The Bertz CT molecular complexity index is 978. The average Bonchev–Trinajstić information content (AvgIpc) is 2.75. The zero-order chi connectivity index (χ0) is 21.3. The first-order valence-electron chi connectivity index (χ1n) is 10.3. The van der Waals surface area contributed by atoms with Gasteiger partial charge in [0.1, 0.15) is 12.2 Å². The zero-order valence-corrected chi connectivity index (χ0v) is 17.2. The van der Waals surface area contributed by atoms with Crippen LogP contribution < -0.4 is 10.2 Å². The molecule has 4 unspecified atom stereocenters. The molecule has 8 heteroatoms. The largest absolute Gasteiger partial charge is 0.365 e. The summed E-state index contributed by atoms with van der Waals surface area (Å²) in [6.45, 7) is 4.06. The van der Waals surface area contributed by atoms with E-state index in [0.717, 1.165) is 11.1 Å². The minimum absolute atomic E-state index is 0.174. The van der Waals surface area contributed by atoms with Gasteiger partial charge in [-0.05, 0) is 44.7 Å². The van der Waals surface area contributed by atoms with Crippen LogP contribution in [0.5, 0.6) is 0 Å². The lowest BCUT2D eigenvalue weighted by Crippen LogP contribution is -2.58. The number of likely N-dealkylation sites (tertiary alicyclic amines) is 1. The van der Waals surface area contributed by atoms with Crippen molar-refractivity contribution in [3.8, 4) is 6.07 Å². The molecule has 2 aliphatic rings. The lowest BCUT2D eigenvalue weighted by Gasteiger charge is -2.39. The number of morpholine rings is 1. The van der Waals surface area contributed by atoms with Gasteiger partial charge < -0.3 is 19.9 Å². The van der Waals surface area contributed by atoms with Gasteiger partial charge in [0.05, 0.1) is 29.8 Å². The number of anilines is 1. The van der Waals surface area contributed by atoms with Crippen LogP contribution in [0.25, 0.3) is 10.9 Å². The molecule has 1 aromatic carbocycles. The third kappa shape index (κ3) is 4.09. The number of alkyl halides is 1. The number of nitriles is 1. The van der Waals surface area contributed by atoms with Crippen LogP contribution in [-0.2, 0) is 9.53 Å². The van der Waals surface area contributed by atoms with Crippen LogP contribution in [0.1, 0.15) is 18.9 Å². The van der Waals surface area contributed by atoms with Crippen molar-refractivity contribution in [2.24, 2.45) is 0 Å². The molecule has 2 aliphatic heterocycles. The maximum absolute atomic E-state index is 14.3. The van der Waals surface area contributed by atoms with Gasteiger partial charge in [-0.25, -0.2) is 4.39 Å². The molecule has 1 amide bonds. The van der Waals surface area contributed by atoms with Gasteiger partial charge in [-0.2, -0.15) is 5.26 Å². The second kappa shape index (κ2) is 8.54. The Morgan fingerprint density at radius 1 is 1.33 bits per heavy atom. The number of benzene rings is 1. The summed E-state index contributed by atoms with van der Waals surface area (Å²) in [5.74, 6) is -0.287. The highest BCUT2D eigenvalue weighted by Crippen LogP contribution is 2.30. The van der Waals surface area contributed by atoms with Crippen LogP contribution in [0.15, 0.2) is 30.5 Å². The normalized spacial score (nSPS) is 27.6. The molecule has 30 heavy (non-hydrogen) atoms. The predicted molar refractivity (Wildman–Crippen MR) is 112 cm³/mol. The lowest BCUT2D eigenvalue weighted by molar-refractivity contribution is -0.139. The van der Waals surface area contributed by atoms with Crippen molar-refractivity contribution in [2.75, 3.05) is 38.1 Å². The Morgan fingerprint density at radius 2 is 2.17 bits per heavy atom. The number of pyridine rings is 1. The number of hydrogen-bond donors (Lipinski definition) is 1. The van der Waals surface area contributed by atoms with Crippen molar-refractivity contribution >= 4 is 22.5 Å². The van der Waals surface area contributed by atoms with Crippen molar-refractivity contribution in [1.29, 1.82) is 5.26 Å².